The molecule has 0 nitrogen and oxygen atoms in total. The lowest BCUT2D eigenvalue weighted by Gasteiger charge is -1.98. The molecular formula is C9H13F2P. The Morgan fingerprint density at radius 3 is 2.17 bits per heavy atom. The molecule has 0 N–H and O–H groups in total. The first kappa shape index (κ1) is 11.5. The predicted molar refractivity (Wildman–Crippen MR) is 51.8 cm³/mol. The van der Waals surface area contributed by atoms with Gasteiger partial charge in [0, 0.05) is 5.56 Å². The fourth-order valence-electron chi connectivity index (χ4n) is 0.806. The van der Waals surface area contributed by atoms with Crippen molar-refractivity contribution in [1.29, 1.82) is 0 Å². The van der Waals surface area contributed by atoms with Crippen LogP contribution in [0.15, 0.2) is 24.3 Å². The highest BCUT2D eigenvalue weighted by Gasteiger charge is 2.04. The normalized spacial score (nSPS) is 9.17. The first-order valence-electron chi connectivity index (χ1n) is 3.62. The standard InChI is InChI=1S/C8H8F2.CH5P/c1-6-3-2-4-7(5-6)8(9)10;1-2/h2-5,8H,1H3;2H2,1H3. The van der Waals surface area contributed by atoms with Crippen molar-refractivity contribution in [3.05, 3.63) is 35.4 Å². The second-order valence-corrected chi connectivity index (χ2v) is 2.21. The Hall–Kier alpha value is -0.490. The summed E-state index contributed by atoms with van der Waals surface area (Å²) in [5.74, 6) is 0. The van der Waals surface area contributed by atoms with Gasteiger partial charge in [-0.15, -0.1) is 9.24 Å². The third kappa shape index (κ3) is 3.77. The van der Waals surface area contributed by atoms with Gasteiger partial charge >= 0.3 is 0 Å². The smallest absolute Gasteiger partial charge is 0.205 e. The number of halogens is 2. The molecule has 0 amide bonds. The SMILES string of the molecule is CP.Cc1cccc(C(F)F)c1. The molecule has 0 radical (unpaired) electrons. The van der Waals surface area contributed by atoms with Crippen LogP contribution in [0.3, 0.4) is 0 Å². The van der Waals surface area contributed by atoms with Gasteiger partial charge in [-0.25, -0.2) is 8.78 Å². The van der Waals surface area contributed by atoms with Crippen LogP contribution < -0.4 is 0 Å². The zero-order valence-electron chi connectivity index (χ0n) is 7.22. The molecule has 0 aliphatic rings. The van der Waals surface area contributed by atoms with Gasteiger partial charge < -0.3 is 0 Å². The molecule has 0 saturated carbocycles. The molecule has 68 valence electrons. The van der Waals surface area contributed by atoms with Crippen molar-refractivity contribution in [2.45, 2.75) is 13.3 Å². The van der Waals surface area contributed by atoms with Crippen LogP contribution >= 0.6 is 9.24 Å². The maximum atomic E-state index is 11.9. The Balaban J connectivity index is 0.000000561. The van der Waals surface area contributed by atoms with E-state index in [0.29, 0.717) is 0 Å². The molecule has 0 aliphatic carbocycles. The van der Waals surface area contributed by atoms with Gasteiger partial charge in [0.25, 0.3) is 6.43 Å². The van der Waals surface area contributed by atoms with E-state index in [-0.39, 0.29) is 5.56 Å². The van der Waals surface area contributed by atoms with Gasteiger partial charge in [-0.2, -0.15) is 0 Å². The molecule has 0 spiro atoms. The maximum Gasteiger partial charge on any atom is 0.263 e. The van der Waals surface area contributed by atoms with Crippen molar-refractivity contribution in [1.82, 2.24) is 0 Å². The number of hydrogen-bond donors (Lipinski definition) is 0. The Bertz CT molecular complexity index is 224. The average molecular weight is 190 g/mol. The van der Waals surface area contributed by atoms with Crippen molar-refractivity contribution in [3.63, 3.8) is 0 Å². The summed E-state index contributed by atoms with van der Waals surface area (Å²) in [7, 11) is 2.42. The monoisotopic (exact) mass is 190 g/mol. The van der Waals surface area contributed by atoms with Gasteiger partial charge in [0.15, 0.2) is 0 Å². The van der Waals surface area contributed by atoms with Crippen molar-refractivity contribution < 1.29 is 8.78 Å². The molecule has 0 heterocycles. The summed E-state index contributed by atoms with van der Waals surface area (Å²) in [5, 5.41) is 0. The van der Waals surface area contributed by atoms with Crippen molar-refractivity contribution in [2.75, 3.05) is 6.66 Å². The quantitative estimate of drug-likeness (QED) is 0.595. The van der Waals surface area contributed by atoms with Crippen LogP contribution in [0.2, 0.25) is 0 Å². The highest BCUT2D eigenvalue weighted by molar-refractivity contribution is 7.15. The van der Waals surface area contributed by atoms with Crippen LogP contribution in [0.1, 0.15) is 17.6 Å². The van der Waals surface area contributed by atoms with Crippen molar-refractivity contribution in [3.8, 4) is 0 Å². The lowest BCUT2D eigenvalue weighted by Crippen LogP contribution is -1.83. The van der Waals surface area contributed by atoms with Gasteiger partial charge in [0.2, 0.25) is 0 Å². The maximum absolute atomic E-state index is 11.9. The van der Waals surface area contributed by atoms with Gasteiger partial charge in [0.1, 0.15) is 0 Å². The minimum Gasteiger partial charge on any atom is -0.205 e. The summed E-state index contributed by atoms with van der Waals surface area (Å²) in [5.41, 5.74) is 0.970. The highest BCUT2D eigenvalue weighted by atomic mass is 31.0. The summed E-state index contributed by atoms with van der Waals surface area (Å²) in [4.78, 5) is 0. The molecule has 1 aromatic rings. The van der Waals surface area contributed by atoms with Crippen LogP contribution in [0, 0.1) is 6.92 Å². The molecule has 0 fully saturated rings. The lowest BCUT2D eigenvalue weighted by atomic mass is 10.1. The minimum absolute atomic E-state index is 0.0972. The minimum atomic E-state index is -2.35. The number of aryl methyl sites for hydroxylation is 1. The summed E-state index contributed by atoms with van der Waals surface area (Å²) >= 11 is 0. The molecule has 1 rings (SSSR count). The Kier molecular flexibility index (Phi) is 5.83. The van der Waals surface area contributed by atoms with Gasteiger partial charge in [-0.05, 0) is 6.92 Å². The van der Waals surface area contributed by atoms with Crippen LogP contribution in [0.4, 0.5) is 8.78 Å². The molecule has 0 aromatic heterocycles. The Labute approximate surface area is 74.2 Å². The molecule has 1 atom stereocenters. The molecule has 0 bridgehead atoms. The van der Waals surface area contributed by atoms with E-state index >= 15 is 0 Å². The highest BCUT2D eigenvalue weighted by Crippen LogP contribution is 2.18. The first-order valence-corrected chi connectivity index (χ1v) is 4.78. The topological polar surface area (TPSA) is 0 Å². The summed E-state index contributed by atoms with van der Waals surface area (Å²) < 4.78 is 23.9. The van der Waals surface area contributed by atoms with Gasteiger partial charge in [-0.1, -0.05) is 36.5 Å². The number of alkyl halides is 2. The number of hydrogen-bond acceptors (Lipinski definition) is 0. The van der Waals surface area contributed by atoms with Crippen LogP contribution in [0.25, 0.3) is 0 Å². The lowest BCUT2D eigenvalue weighted by molar-refractivity contribution is 0.151. The first-order chi connectivity index (χ1) is 5.70. The van der Waals surface area contributed by atoms with E-state index in [2.05, 4.69) is 9.24 Å². The van der Waals surface area contributed by atoms with E-state index in [1.807, 2.05) is 6.66 Å². The predicted octanol–water partition coefficient (Wildman–Crippen LogP) is 3.42. The van der Waals surface area contributed by atoms with Crippen molar-refractivity contribution >= 4 is 9.24 Å². The zero-order chi connectivity index (χ0) is 9.56. The molecule has 1 aromatic carbocycles. The van der Waals surface area contributed by atoms with E-state index in [1.54, 1.807) is 19.1 Å². The van der Waals surface area contributed by atoms with E-state index < -0.39 is 6.43 Å². The van der Waals surface area contributed by atoms with Crippen LogP contribution in [0.5, 0.6) is 0 Å². The van der Waals surface area contributed by atoms with Crippen LogP contribution in [-0.2, 0) is 0 Å². The fourth-order valence-corrected chi connectivity index (χ4v) is 0.806. The van der Waals surface area contributed by atoms with E-state index in [1.165, 1.54) is 12.1 Å². The van der Waals surface area contributed by atoms with Gasteiger partial charge in [-0.3, -0.25) is 0 Å². The molecule has 3 heteroatoms. The van der Waals surface area contributed by atoms with E-state index in [4.69, 9.17) is 0 Å². The van der Waals surface area contributed by atoms with Gasteiger partial charge in [0.05, 0.1) is 0 Å². The third-order valence-corrected chi connectivity index (χ3v) is 1.29. The average Bonchev–Trinajstić information content (AvgIpc) is 2.08. The largest absolute Gasteiger partial charge is 0.263 e. The second kappa shape index (κ2) is 6.07. The summed E-state index contributed by atoms with van der Waals surface area (Å²) in [6, 6.07) is 6.35. The number of rotatable bonds is 1. The molecule has 0 aliphatic heterocycles. The van der Waals surface area contributed by atoms with E-state index in [0.717, 1.165) is 5.56 Å². The zero-order valence-corrected chi connectivity index (χ0v) is 8.37. The molecule has 0 saturated heterocycles. The van der Waals surface area contributed by atoms with E-state index in [9.17, 15) is 8.78 Å². The Morgan fingerprint density at radius 2 is 1.83 bits per heavy atom. The number of benzene rings is 1. The Morgan fingerprint density at radius 1 is 1.25 bits per heavy atom. The van der Waals surface area contributed by atoms with Crippen LogP contribution in [-0.4, -0.2) is 6.66 Å². The summed E-state index contributed by atoms with van der Waals surface area (Å²) in [6.45, 7) is 3.71. The summed E-state index contributed by atoms with van der Waals surface area (Å²) in [6.07, 6.45) is -2.35. The van der Waals surface area contributed by atoms with Crippen molar-refractivity contribution in [2.24, 2.45) is 0 Å². The molecule has 1 unspecified atom stereocenters. The third-order valence-electron chi connectivity index (χ3n) is 1.29. The second-order valence-electron chi connectivity index (χ2n) is 2.21. The molecular weight excluding hydrogens is 177 g/mol. The fraction of sp³-hybridized carbons (Fsp3) is 0.333. The molecule has 12 heavy (non-hydrogen) atoms.